The van der Waals surface area contributed by atoms with E-state index in [9.17, 15) is 0 Å². The standard InChI is InChI=1S/C16H19BrN2O2/c1-18-14(7-11-6-13(17)10-19-9-11)12-4-5-15(20-2)16(8-12)21-3/h4-6,8-10,14,18H,7H2,1-3H3. The first-order valence-electron chi connectivity index (χ1n) is 6.66. The molecule has 0 bridgehead atoms. The monoisotopic (exact) mass is 350 g/mol. The van der Waals surface area contributed by atoms with Crippen LogP contribution in [0, 0.1) is 0 Å². The quantitative estimate of drug-likeness (QED) is 0.867. The lowest BCUT2D eigenvalue weighted by Crippen LogP contribution is -2.19. The summed E-state index contributed by atoms with van der Waals surface area (Å²) in [5, 5.41) is 3.34. The maximum absolute atomic E-state index is 5.37. The first-order valence-corrected chi connectivity index (χ1v) is 7.46. The number of likely N-dealkylation sites (N-methyl/N-ethyl adjacent to an activating group) is 1. The van der Waals surface area contributed by atoms with E-state index in [1.807, 2.05) is 31.4 Å². The Morgan fingerprint density at radius 2 is 1.90 bits per heavy atom. The lowest BCUT2D eigenvalue weighted by molar-refractivity contribution is 0.354. The zero-order valence-electron chi connectivity index (χ0n) is 12.4. The topological polar surface area (TPSA) is 43.4 Å². The number of benzene rings is 1. The molecular weight excluding hydrogens is 332 g/mol. The third kappa shape index (κ3) is 3.95. The lowest BCUT2D eigenvalue weighted by Gasteiger charge is -2.18. The molecule has 0 aliphatic heterocycles. The molecule has 1 N–H and O–H groups in total. The van der Waals surface area contributed by atoms with Crippen LogP contribution in [0.2, 0.25) is 0 Å². The highest BCUT2D eigenvalue weighted by molar-refractivity contribution is 9.10. The van der Waals surface area contributed by atoms with Crippen LogP contribution in [0.4, 0.5) is 0 Å². The molecular formula is C16H19BrN2O2. The predicted molar refractivity (Wildman–Crippen MR) is 87.0 cm³/mol. The first-order chi connectivity index (χ1) is 10.2. The molecule has 0 spiro atoms. The Morgan fingerprint density at radius 3 is 2.52 bits per heavy atom. The zero-order valence-corrected chi connectivity index (χ0v) is 14.0. The van der Waals surface area contributed by atoms with Crippen molar-refractivity contribution in [3.8, 4) is 11.5 Å². The molecule has 4 nitrogen and oxygen atoms in total. The Kier molecular flexibility index (Phi) is 5.59. The second-order valence-corrected chi connectivity index (χ2v) is 5.59. The molecule has 0 fully saturated rings. The van der Waals surface area contributed by atoms with E-state index < -0.39 is 0 Å². The number of halogens is 1. The van der Waals surface area contributed by atoms with Crippen LogP contribution >= 0.6 is 15.9 Å². The van der Waals surface area contributed by atoms with Gasteiger partial charge in [-0.1, -0.05) is 6.07 Å². The number of hydrogen-bond acceptors (Lipinski definition) is 4. The molecule has 1 heterocycles. The smallest absolute Gasteiger partial charge is 0.161 e. The van der Waals surface area contributed by atoms with E-state index in [0.717, 1.165) is 28.0 Å². The average molecular weight is 351 g/mol. The molecule has 0 aliphatic carbocycles. The summed E-state index contributed by atoms with van der Waals surface area (Å²) in [6.45, 7) is 0. The van der Waals surface area contributed by atoms with Crippen molar-refractivity contribution in [2.75, 3.05) is 21.3 Å². The largest absolute Gasteiger partial charge is 0.493 e. The number of aromatic nitrogens is 1. The van der Waals surface area contributed by atoms with Crippen LogP contribution in [0.15, 0.2) is 41.1 Å². The molecule has 1 atom stereocenters. The molecule has 1 aromatic heterocycles. The summed E-state index contributed by atoms with van der Waals surface area (Å²) in [5.41, 5.74) is 2.31. The minimum absolute atomic E-state index is 0.181. The van der Waals surface area contributed by atoms with E-state index in [1.54, 1.807) is 20.4 Å². The Balaban J connectivity index is 2.25. The van der Waals surface area contributed by atoms with Crippen molar-refractivity contribution in [3.05, 3.63) is 52.3 Å². The van der Waals surface area contributed by atoms with Crippen LogP contribution in [0.25, 0.3) is 0 Å². The Morgan fingerprint density at radius 1 is 1.14 bits per heavy atom. The Hall–Kier alpha value is -1.59. The van der Waals surface area contributed by atoms with Gasteiger partial charge in [0.15, 0.2) is 11.5 Å². The van der Waals surface area contributed by atoms with E-state index >= 15 is 0 Å². The number of rotatable bonds is 6. The van der Waals surface area contributed by atoms with Gasteiger partial charge in [0.2, 0.25) is 0 Å². The van der Waals surface area contributed by atoms with Gasteiger partial charge in [-0.3, -0.25) is 4.98 Å². The normalized spacial score (nSPS) is 12.0. The van der Waals surface area contributed by atoms with Gasteiger partial charge in [0.05, 0.1) is 14.2 Å². The SMILES string of the molecule is CNC(Cc1cncc(Br)c1)c1ccc(OC)c(OC)c1. The third-order valence-electron chi connectivity index (χ3n) is 3.36. The number of hydrogen-bond donors (Lipinski definition) is 1. The fourth-order valence-electron chi connectivity index (χ4n) is 2.26. The number of pyridine rings is 1. The van der Waals surface area contributed by atoms with Gasteiger partial charge in [-0.05, 0) is 58.7 Å². The van der Waals surface area contributed by atoms with E-state index in [1.165, 1.54) is 5.56 Å². The van der Waals surface area contributed by atoms with Crippen LogP contribution in [-0.2, 0) is 6.42 Å². The van der Waals surface area contributed by atoms with Gasteiger partial charge < -0.3 is 14.8 Å². The second kappa shape index (κ2) is 7.43. The van der Waals surface area contributed by atoms with E-state index in [2.05, 4.69) is 32.3 Å². The summed E-state index contributed by atoms with van der Waals surface area (Å²) in [6, 6.07) is 8.25. The molecule has 112 valence electrons. The van der Waals surface area contributed by atoms with Gasteiger partial charge in [0.25, 0.3) is 0 Å². The molecule has 1 unspecified atom stereocenters. The van der Waals surface area contributed by atoms with Crippen LogP contribution in [-0.4, -0.2) is 26.3 Å². The van der Waals surface area contributed by atoms with Crippen molar-refractivity contribution >= 4 is 15.9 Å². The number of methoxy groups -OCH3 is 2. The number of nitrogens with zero attached hydrogens (tertiary/aromatic N) is 1. The summed E-state index contributed by atoms with van der Waals surface area (Å²) in [5.74, 6) is 1.47. The van der Waals surface area contributed by atoms with Crippen molar-refractivity contribution in [2.24, 2.45) is 0 Å². The van der Waals surface area contributed by atoms with Gasteiger partial charge in [-0.2, -0.15) is 0 Å². The summed E-state index contributed by atoms with van der Waals surface area (Å²) in [6.07, 6.45) is 4.52. The molecule has 0 saturated heterocycles. The fourth-order valence-corrected chi connectivity index (χ4v) is 2.67. The summed E-state index contributed by atoms with van der Waals surface area (Å²) in [4.78, 5) is 4.21. The zero-order chi connectivity index (χ0) is 15.2. The molecule has 21 heavy (non-hydrogen) atoms. The number of nitrogens with one attached hydrogen (secondary N) is 1. The average Bonchev–Trinajstić information content (AvgIpc) is 2.52. The second-order valence-electron chi connectivity index (χ2n) is 4.67. The lowest BCUT2D eigenvalue weighted by atomic mass is 9.99. The van der Waals surface area contributed by atoms with Crippen LogP contribution < -0.4 is 14.8 Å². The highest BCUT2D eigenvalue weighted by atomic mass is 79.9. The van der Waals surface area contributed by atoms with Crippen molar-refractivity contribution in [1.29, 1.82) is 0 Å². The van der Waals surface area contributed by atoms with Gasteiger partial charge in [-0.25, -0.2) is 0 Å². The van der Waals surface area contributed by atoms with Gasteiger partial charge in [-0.15, -0.1) is 0 Å². The highest BCUT2D eigenvalue weighted by Crippen LogP contribution is 2.31. The van der Waals surface area contributed by atoms with E-state index in [0.29, 0.717) is 0 Å². The summed E-state index contributed by atoms with van der Waals surface area (Å²) < 4.78 is 11.6. The molecule has 0 radical (unpaired) electrons. The maximum atomic E-state index is 5.37. The van der Waals surface area contributed by atoms with Gasteiger partial charge in [0.1, 0.15) is 0 Å². The van der Waals surface area contributed by atoms with E-state index in [-0.39, 0.29) is 6.04 Å². The van der Waals surface area contributed by atoms with Crippen molar-refractivity contribution < 1.29 is 9.47 Å². The predicted octanol–water partition coefficient (Wildman–Crippen LogP) is 3.36. The summed E-state index contributed by atoms with van der Waals surface area (Å²) >= 11 is 3.45. The minimum Gasteiger partial charge on any atom is -0.493 e. The van der Waals surface area contributed by atoms with E-state index in [4.69, 9.17) is 9.47 Å². The van der Waals surface area contributed by atoms with Crippen LogP contribution in [0.1, 0.15) is 17.2 Å². The van der Waals surface area contributed by atoms with Gasteiger partial charge >= 0.3 is 0 Å². The molecule has 5 heteroatoms. The molecule has 0 saturated carbocycles. The molecule has 0 amide bonds. The molecule has 1 aromatic carbocycles. The highest BCUT2D eigenvalue weighted by Gasteiger charge is 2.13. The van der Waals surface area contributed by atoms with Crippen LogP contribution in [0.5, 0.6) is 11.5 Å². The first kappa shape index (κ1) is 15.8. The van der Waals surface area contributed by atoms with Crippen LogP contribution in [0.3, 0.4) is 0 Å². The molecule has 0 aliphatic rings. The molecule has 2 aromatic rings. The Labute approximate surface area is 133 Å². The maximum Gasteiger partial charge on any atom is 0.161 e. The van der Waals surface area contributed by atoms with Crippen molar-refractivity contribution in [2.45, 2.75) is 12.5 Å². The summed E-state index contributed by atoms with van der Waals surface area (Å²) in [7, 11) is 5.24. The minimum atomic E-state index is 0.181. The third-order valence-corrected chi connectivity index (χ3v) is 3.79. The Bertz CT molecular complexity index is 605. The fraction of sp³-hybridized carbons (Fsp3) is 0.312. The van der Waals surface area contributed by atoms with Crippen molar-refractivity contribution in [3.63, 3.8) is 0 Å². The van der Waals surface area contributed by atoms with Crippen molar-refractivity contribution in [1.82, 2.24) is 10.3 Å². The van der Waals surface area contributed by atoms with Gasteiger partial charge in [0, 0.05) is 22.9 Å². The number of ether oxygens (including phenoxy) is 2. The molecule has 2 rings (SSSR count).